The Labute approximate surface area is 153 Å². The second-order valence-electron chi connectivity index (χ2n) is 5.83. The Morgan fingerprint density at radius 1 is 1.27 bits per heavy atom. The predicted octanol–water partition coefficient (Wildman–Crippen LogP) is 2.26. The quantitative estimate of drug-likeness (QED) is 0.619. The van der Waals surface area contributed by atoms with Crippen molar-refractivity contribution in [2.75, 3.05) is 7.11 Å². The van der Waals surface area contributed by atoms with Crippen molar-refractivity contribution < 1.29 is 13.5 Å². The summed E-state index contributed by atoms with van der Waals surface area (Å²) >= 11 is -2.12. The second-order valence-corrected chi connectivity index (χ2v) is 6.62. The van der Waals surface area contributed by atoms with Crippen LogP contribution < -0.4 is 9.46 Å². The molecule has 8 heteroatoms. The van der Waals surface area contributed by atoms with Gasteiger partial charge in [-0.25, -0.2) is 8.93 Å². The fourth-order valence-electron chi connectivity index (χ4n) is 3.11. The van der Waals surface area contributed by atoms with Crippen molar-refractivity contribution >= 4 is 11.3 Å². The zero-order valence-corrected chi connectivity index (χ0v) is 14.8. The summed E-state index contributed by atoms with van der Waals surface area (Å²) in [7, 11) is 1.56. The maximum Gasteiger partial charge on any atom is 0.232 e. The predicted molar refractivity (Wildman–Crippen MR) is 95.6 cm³/mol. The van der Waals surface area contributed by atoms with Crippen molar-refractivity contribution in [2.24, 2.45) is 0 Å². The fourth-order valence-corrected chi connectivity index (χ4v) is 3.40. The molecule has 0 radical (unpaired) electrons. The molecule has 2 aromatic carbocycles. The van der Waals surface area contributed by atoms with Gasteiger partial charge in [0.25, 0.3) is 0 Å². The summed E-state index contributed by atoms with van der Waals surface area (Å²) in [4.78, 5) is 1.63. The number of hydrogen-bond donors (Lipinski definition) is 2. The third-order valence-electron chi connectivity index (χ3n) is 4.29. The summed E-state index contributed by atoms with van der Waals surface area (Å²) in [5.41, 5.74) is 4.79. The number of ether oxygens (including phenoxy) is 1. The lowest BCUT2D eigenvalue weighted by Gasteiger charge is -2.14. The third-order valence-corrected chi connectivity index (χ3v) is 4.68. The van der Waals surface area contributed by atoms with Crippen molar-refractivity contribution in [2.45, 2.75) is 19.6 Å². The van der Waals surface area contributed by atoms with Gasteiger partial charge in [0.1, 0.15) is 5.75 Å². The van der Waals surface area contributed by atoms with Gasteiger partial charge in [-0.2, -0.15) is 10.5 Å². The Bertz CT molecular complexity index is 962. The molecule has 0 aliphatic carbocycles. The molecule has 1 heterocycles. The Morgan fingerprint density at radius 3 is 2.73 bits per heavy atom. The molecule has 3 rings (SSSR count). The standard InChI is InChI=1S/C18H16N4O3S/c1-25-15-3-2-13(7-19)16(6-15)17-5-12(8-21-26(23)24)4-14-9-22(11-20)10-18(14)17/h2-6,21H,8-10H2,1H3,(H,23,24). The minimum Gasteiger partial charge on any atom is -0.497 e. The first-order valence-corrected chi connectivity index (χ1v) is 8.88. The van der Waals surface area contributed by atoms with Gasteiger partial charge in [-0.1, -0.05) is 6.07 Å². The van der Waals surface area contributed by atoms with Gasteiger partial charge < -0.3 is 9.64 Å². The first kappa shape index (κ1) is 17.9. The van der Waals surface area contributed by atoms with Crippen LogP contribution in [0.5, 0.6) is 5.75 Å². The van der Waals surface area contributed by atoms with Gasteiger partial charge in [0.05, 0.1) is 31.8 Å². The number of nitrogens with zero attached hydrogens (tertiary/aromatic N) is 3. The first-order valence-electron chi connectivity index (χ1n) is 7.78. The van der Waals surface area contributed by atoms with E-state index >= 15 is 0 Å². The zero-order valence-electron chi connectivity index (χ0n) is 14.0. The SMILES string of the molecule is COc1ccc(C#N)c(-c2cc(CNS(=O)O)cc3c2CN(C#N)C3)c1. The molecule has 0 fully saturated rings. The van der Waals surface area contributed by atoms with E-state index < -0.39 is 11.3 Å². The number of nitriles is 2. The molecule has 0 spiro atoms. The van der Waals surface area contributed by atoms with Crippen LogP contribution in [0.25, 0.3) is 11.1 Å². The van der Waals surface area contributed by atoms with Crippen LogP contribution in [-0.4, -0.2) is 20.8 Å². The average molecular weight is 368 g/mol. The lowest BCUT2D eigenvalue weighted by atomic mass is 9.91. The van der Waals surface area contributed by atoms with Gasteiger partial charge in [0, 0.05) is 12.1 Å². The topological polar surface area (TPSA) is 109 Å². The number of hydrogen-bond acceptors (Lipinski definition) is 5. The van der Waals surface area contributed by atoms with Crippen molar-refractivity contribution in [3.63, 3.8) is 0 Å². The maximum atomic E-state index is 10.9. The van der Waals surface area contributed by atoms with Crippen LogP contribution in [0.4, 0.5) is 0 Å². The number of benzene rings is 2. The minimum absolute atomic E-state index is 0.196. The van der Waals surface area contributed by atoms with E-state index in [1.54, 1.807) is 30.2 Å². The van der Waals surface area contributed by atoms with Crippen molar-refractivity contribution in [1.82, 2.24) is 9.62 Å². The van der Waals surface area contributed by atoms with E-state index in [1.165, 1.54) is 0 Å². The lowest BCUT2D eigenvalue weighted by Crippen LogP contribution is -2.15. The van der Waals surface area contributed by atoms with Gasteiger partial charge >= 0.3 is 0 Å². The van der Waals surface area contributed by atoms with E-state index in [0.29, 0.717) is 24.4 Å². The van der Waals surface area contributed by atoms with Gasteiger partial charge in [-0.3, -0.25) is 4.55 Å². The summed E-state index contributed by atoms with van der Waals surface area (Å²) in [6, 6.07) is 11.2. The molecule has 1 atom stereocenters. The summed E-state index contributed by atoms with van der Waals surface area (Å²) in [5, 5.41) is 18.7. The Hall–Kier alpha value is -2.91. The van der Waals surface area contributed by atoms with Gasteiger partial charge in [0.2, 0.25) is 11.3 Å². The van der Waals surface area contributed by atoms with E-state index in [-0.39, 0.29) is 6.54 Å². The van der Waals surface area contributed by atoms with E-state index in [1.807, 2.05) is 12.1 Å². The largest absolute Gasteiger partial charge is 0.497 e. The molecule has 1 aliphatic rings. The highest BCUT2D eigenvalue weighted by Gasteiger charge is 2.24. The molecule has 26 heavy (non-hydrogen) atoms. The zero-order chi connectivity index (χ0) is 18.7. The van der Waals surface area contributed by atoms with Crippen LogP contribution in [0, 0.1) is 22.8 Å². The normalized spacial score (nSPS) is 13.6. The number of rotatable bonds is 5. The van der Waals surface area contributed by atoms with Crippen LogP contribution >= 0.6 is 0 Å². The van der Waals surface area contributed by atoms with Gasteiger partial charge in [-0.15, -0.1) is 0 Å². The lowest BCUT2D eigenvalue weighted by molar-refractivity contribution is 0.415. The van der Waals surface area contributed by atoms with E-state index in [2.05, 4.69) is 17.0 Å². The molecule has 132 valence electrons. The summed E-state index contributed by atoms with van der Waals surface area (Å²) in [6.07, 6.45) is 2.15. The molecular weight excluding hydrogens is 352 g/mol. The summed E-state index contributed by atoms with van der Waals surface area (Å²) in [6.45, 7) is 1.13. The molecule has 0 saturated heterocycles. The number of fused-ring (bicyclic) bond motifs is 1. The first-order chi connectivity index (χ1) is 12.5. The molecule has 0 aromatic heterocycles. The maximum absolute atomic E-state index is 10.9. The second kappa shape index (κ2) is 7.54. The highest BCUT2D eigenvalue weighted by atomic mass is 32.2. The van der Waals surface area contributed by atoms with Crippen LogP contribution in [0.3, 0.4) is 0 Å². The average Bonchev–Trinajstić information content (AvgIpc) is 3.08. The van der Waals surface area contributed by atoms with Gasteiger partial charge in [-0.05, 0) is 46.5 Å². The van der Waals surface area contributed by atoms with Crippen LogP contribution in [0.1, 0.15) is 22.3 Å². The van der Waals surface area contributed by atoms with Gasteiger partial charge in [0.15, 0.2) is 6.19 Å². The van der Waals surface area contributed by atoms with Crippen molar-refractivity contribution in [3.8, 4) is 29.1 Å². The molecule has 1 unspecified atom stereocenters. The van der Waals surface area contributed by atoms with Crippen LogP contribution in [0.15, 0.2) is 30.3 Å². The molecule has 0 bridgehead atoms. The molecule has 1 aliphatic heterocycles. The Balaban J connectivity index is 2.16. The van der Waals surface area contributed by atoms with Crippen LogP contribution in [0.2, 0.25) is 0 Å². The number of methoxy groups -OCH3 is 1. The van der Waals surface area contributed by atoms with Crippen LogP contribution in [-0.2, 0) is 30.9 Å². The highest BCUT2D eigenvalue weighted by molar-refractivity contribution is 7.77. The van der Waals surface area contributed by atoms with E-state index in [9.17, 15) is 14.7 Å². The Morgan fingerprint density at radius 2 is 2.08 bits per heavy atom. The summed E-state index contributed by atoms with van der Waals surface area (Å²) < 4.78 is 27.7. The molecule has 7 nitrogen and oxygen atoms in total. The van der Waals surface area contributed by atoms with Crippen molar-refractivity contribution in [1.29, 1.82) is 10.5 Å². The van der Waals surface area contributed by atoms with Crippen molar-refractivity contribution in [3.05, 3.63) is 52.6 Å². The molecular formula is C18H16N4O3S. The van der Waals surface area contributed by atoms with E-state index in [0.717, 1.165) is 27.8 Å². The molecule has 2 N–H and O–H groups in total. The molecule has 0 saturated carbocycles. The van der Waals surface area contributed by atoms with E-state index in [4.69, 9.17) is 9.29 Å². The third kappa shape index (κ3) is 3.53. The fraction of sp³-hybridized carbons (Fsp3) is 0.222. The smallest absolute Gasteiger partial charge is 0.232 e. The molecule has 2 aromatic rings. The highest BCUT2D eigenvalue weighted by Crippen LogP contribution is 2.37. The monoisotopic (exact) mass is 368 g/mol. The number of nitrogens with one attached hydrogen (secondary N) is 1. The molecule has 0 amide bonds. The Kier molecular flexibility index (Phi) is 5.19. The summed E-state index contributed by atoms with van der Waals surface area (Å²) in [5.74, 6) is 0.628. The minimum atomic E-state index is -2.12.